The largest absolute Gasteiger partial charge is 0.514 e. The van der Waals surface area contributed by atoms with Gasteiger partial charge in [0.05, 0.1) is 16.8 Å². The van der Waals surface area contributed by atoms with Crippen molar-refractivity contribution >= 4 is 12.7 Å². The molecule has 1 aromatic carbocycles. The number of aryl methyl sites for hydroxylation is 1. The normalized spacial score (nSPS) is 19.4. The Morgan fingerprint density at radius 2 is 1.45 bits per heavy atom. The van der Waals surface area contributed by atoms with Crippen LogP contribution in [0, 0.1) is 6.92 Å². The van der Waals surface area contributed by atoms with E-state index in [1.54, 1.807) is 0 Å². The number of pyridine rings is 1. The standard InChI is InChI=1S/C18H22BNO2/c1-13-6-8-14(9-7-13)15-10-11-20-16(12-15)19-21-17(2,3)18(4,5)22-19/h6-12H,1-5H3. The van der Waals surface area contributed by atoms with Crippen molar-refractivity contribution in [2.24, 2.45) is 0 Å². The molecule has 0 saturated carbocycles. The van der Waals surface area contributed by atoms with Crippen LogP contribution in [0.4, 0.5) is 0 Å². The zero-order valence-electron chi connectivity index (χ0n) is 13.9. The van der Waals surface area contributed by atoms with Gasteiger partial charge in [-0.05, 0) is 57.9 Å². The van der Waals surface area contributed by atoms with Crippen LogP contribution in [-0.2, 0) is 9.31 Å². The Bertz CT molecular complexity index is 664. The van der Waals surface area contributed by atoms with Gasteiger partial charge in [0.2, 0.25) is 0 Å². The summed E-state index contributed by atoms with van der Waals surface area (Å²) in [6, 6.07) is 12.5. The van der Waals surface area contributed by atoms with Crippen LogP contribution in [0.5, 0.6) is 0 Å². The lowest BCUT2D eigenvalue weighted by Crippen LogP contribution is -2.41. The van der Waals surface area contributed by atoms with Crippen molar-refractivity contribution < 1.29 is 9.31 Å². The molecule has 2 aromatic rings. The summed E-state index contributed by atoms with van der Waals surface area (Å²) in [4.78, 5) is 4.45. The van der Waals surface area contributed by atoms with Gasteiger partial charge in [-0.3, -0.25) is 4.98 Å². The molecule has 1 aliphatic rings. The van der Waals surface area contributed by atoms with E-state index in [1.165, 1.54) is 11.1 Å². The quantitative estimate of drug-likeness (QED) is 0.796. The van der Waals surface area contributed by atoms with Crippen LogP contribution in [0.15, 0.2) is 42.6 Å². The van der Waals surface area contributed by atoms with E-state index in [-0.39, 0.29) is 11.2 Å². The van der Waals surface area contributed by atoms with E-state index < -0.39 is 7.12 Å². The first-order chi connectivity index (χ1) is 10.3. The summed E-state index contributed by atoms with van der Waals surface area (Å²) in [6.07, 6.45) is 1.82. The van der Waals surface area contributed by atoms with Gasteiger partial charge in [-0.25, -0.2) is 0 Å². The van der Waals surface area contributed by atoms with Crippen molar-refractivity contribution in [1.29, 1.82) is 0 Å². The highest BCUT2D eigenvalue weighted by molar-refractivity contribution is 6.61. The zero-order valence-corrected chi connectivity index (χ0v) is 13.9. The van der Waals surface area contributed by atoms with Gasteiger partial charge < -0.3 is 9.31 Å². The minimum absolute atomic E-state index is 0.348. The zero-order chi connectivity index (χ0) is 16.0. The first-order valence-corrected chi connectivity index (χ1v) is 7.67. The smallest absolute Gasteiger partial charge is 0.398 e. The molecular formula is C18H22BNO2. The number of nitrogens with zero attached hydrogens (tertiary/aromatic N) is 1. The summed E-state index contributed by atoms with van der Waals surface area (Å²) < 4.78 is 12.2. The van der Waals surface area contributed by atoms with E-state index in [4.69, 9.17) is 9.31 Å². The Balaban J connectivity index is 1.91. The molecule has 0 atom stereocenters. The van der Waals surface area contributed by atoms with Crippen molar-refractivity contribution in [3.05, 3.63) is 48.2 Å². The fourth-order valence-corrected chi connectivity index (χ4v) is 2.47. The van der Waals surface area contributed by atoms with Crippen molar-refractivity contribution in [2.75, 3.05) is 0 Å². The molecule has 1 saturated heterocycles. The summed E-state index contributed by atoms with van der Waals surface area (Å²) in [5, 5.41) is 0. The summed E-state index contributed by atoms with van der Waals surface area (Å²) in [5.41, 5.74) is 3.67. The number of benzene rings is 1. The molecule has 0 radical (unpaired) electrons. The third-order valence-electron chi connectivity index (χ3n) is 4.66. The molecule has 4 heteroatoms. The highest BCUT2D eigenvalue weighted by atomic mass is 16.7. The van der Waals surface area contributed by atoms with Crippen LogP contribution < -0.4 is 5.59 Å². The van der Waals surface area contributed by atoms with Gasteiger partial charge >= 0.3 is 7.12 Å². The maximum atomic E-state index is 6.08. The second-order valence-electron chi connectivity index (χ2n) is 6.92. The third-order valence-corrected chi connectivity index (χ3v) is 4.66. The molecule has 22 heavy (non-hydrogen) atoms. The molecule has 1 aromatic heterocycles. The molecule has 0 amide bonds. The molecule has 0 bridgehead atoms. The van der Waals surface area contributed by atoms with Gasteiger partial charge in [-0.15, -0.1) is 0 Å². The molecule has 2 heterocycles. The predicted octanol–water partition coefficient (Wildman–Crippen LogP) is 3.36. The molecule has 114 valence electrons. The molecule has 0 N–H and O–H groups in total. The lowest BCUT2D eigenvalue weighted by atomic mass is 9.83. The summed E-state index contributed by atoms with van der Waals surface area (Å²) >= 11 is 0. The summed E-state index contributed by atoms with van der Waals surface area (Å²) in [7, 11) is -0.421. The van der Waals surface area contributed by atoms with E-state index >= 15 is 0 Å². The van der Waals surface area contributed by atoms with Crippen LogP contribution in [0.3, 0.4) is 0 Å². The first kappa shape index (κ1) is 15.3. The maximum Gasteiger partial charge on any atom is 0.514 e. The number of hydrogen-bond donors (Lipinski definition) is 0. The van der Waals surface area contributed by atoms with Crippen molar-refractivity contribution in [3.8, 4) is 11.1 Å². The Kier molecular flexibility index (Phi) is 3.62. The molecule has 0 aliphatic carbocycles. The number of hydrogen-bond acceptors (Lipinski definition) is 3. The molecular weight excluding hydrogens is 273 g/mol. The predicted molar refractivity (Wildman–Crippen MR) is 90.1 cm³/mol. The highest BCUT2D eigenvalue weighted by Crippen LogP contribution is 2.36. The minimum Gasteiger partial charge on any atom is -0.398 e. The second kappa shape index (κ2) is 5.22. The third kappa shape index (κ3) is 2.69. The first-order valence-electron chi connectivity index (χ1n) is 7.67. The molecule has 3 nitrogen and oxygen atoms in total. The Labute approximate surface area is 132 Å². The Hall–Kier alpha value is -1.65. The van der Waals surface area contributed by atoms with E-state index in [0.29, 0.717) is 0 Å². The highest BCUT2D eigenvalue weighted by Gasteiger charge is 2.52. The molecule has 1 fully saturated rings. The van der Waals surface area contributed by atoms with Crippen LogP contribution in [0.2, 0.25) is 0 Å². The molecule has 0 unspecified atom stereocenters. The van der Waals surface area contributed by atoms with E-state index in [1.807, 2.05) is 18.3 Å². The van der Waals surface area contributed by atoms with Gasteiger partial charge in [0.15, 0.2) is 0 Å². The van der Waals surface area contributed by atoms with Gasteiger partial charge in [0.1, 0.15) is 0 Å². The van der Waals surface area contributed by atoms with Crippen molar-refractivity contribution in [3.63, 3.8) is 0 Å². The van der Waals surface area contributed by atoms with E-state index in [9.17, 15) is 0 Å². The van der Waals surface area contributed by atoms with Crippen LogP contribution in [-0.4, -0.2) is 23.3 Å². The Morgan fingerprint density at radius 3 is 2.05 bits per heavy atom. The van der Waals surface area contributed by atoms with Gasteiger partial charge in [0.25, 0.3) is 0 Å². The van der Waals surface area contributed by atoms with E-state index in [0.717, 1.165) is 11.2 Å². The minimum atomic E-state index is -0.421. The van der Waals surface area contributed by atoms with Crippen LogP contribution >= 0.6 is 0 Å². The van der Waals surface area contributed by atoms with Gasteiger partial charge in [0, 0.05) is 6.20 Å². The van der Waals surface area contributed by atoms with E-state index in [2.05, 4.69) is 63.9 Å². The number of aromatic nitrogens is 1. The van der Waals surface area contributed by atoms with Crippen LogP contribution in [0.1, 0.15) is 33.3 Å². The SMILES string of the molecule is Cc1ccc(-c2ccnc(B3OC(C)(C)C(C)(C)O3)c2)cc1. The summed E-state index contributed by atoms with van der Waals surface area (Å²) in [5.74, 6) is 0. The lowest BCUT2D eigenvalue weighted by Gasteiger charge is -2.32. The van der Waals surface area contributed by atoms with Gasteiger partial charge in [-0.1, -0.05) is 29.8 Å². The van der Waals surface area contributed by atoms with Crippen LogP contribution in [0.25, 0.3) is 11.1 Å². The fraction of sp³-hybridized carbons (Fsp3) is 0.389. The van der Waals surface area contributed by atoms with Crippen molar-refractivity contribution in [2.45, 2.75) is 45.8 Å². The topological polar surface area (TPSA) is 31.4 Å². The Morgan fingerprint density at radius 1 is 0.864 bits per heavy atom. The molecule has 3 rings (SSSR count). The summed E-state index contributed by atoms with van der Waals surface area (Å²) in [6.45, 7) is 10.3. The number of rotatable bonds is 2. The molecule has 0 spiro atoms. The molecule has 1 aliphatic heterocycles. The van der Waals surface area contributed by atoms with Gasteiger partial charge in [-0.2, -0.15) is 0 Å². The average molecular weight is 295 g/mol. The average Bonchev–Trinajstić information content (AvgIpc) is 2.68. The lowest BCUT2D eigenvalue weighted by molar-refractivity contribution is 0.00578. The van der Waals surface area contributed by atoms with Crippen molar-refractivity contribution in [1.82, 2.24) is 4.98 Å². The second-order valence-corrected chi connectivity index (χ2v) is 6.92. The monoisotopic (exact) mass is 295 g/mol. The fourth-order valence-electron chi connectivity index (χ4n) is 2.47. The maximum absolute atomic E-state index is 6.08.